The third-order valence-electron chi connectivity index (χ3n) is 25.4. The summed E-state index contributed by atoms with van der Waals surface area (Å²) in [7, 11) is 0. The summed E-state index contributed by atoms with van der Waals surface area (Å²) in [5.74, 6) is 0.934. The molecule has 1 aliphatic heterocycles. The maximum atomic E-state index is 11.6. The molecule has 23 nitrogen and oxygen atoms in total. The average molecular weight is 2630 g/mol. The SMILES string of the molecule is C=C[C@H](O)[C@H](CC1CCCCC1)NC(C)C.CC(C)N[C@@H](CC1CCCCC1)C(=O)C(=O)O.CC(C)N[C@@H](CC1CCCCC1)[C@@H](O)C(=O)O.CC(C)N[C@@H](CC1CCCCC1)[C@@H](O)CC([NH-])=O.CC(C)N[C@@H](CC1CCCCC1)[C@@H](O)C[CH-]O.CC(C)N[C@@H](CC1CCCCC1)[C@@H](O)[C@@H]1[CH-]CO1.CC(C)N[C@@H](CC1CCCCC1)[C@@H](O)[CH-]O.[Gd].[Gd].[Gd].[Gd].[Gd].[Gd]. The van der Waals surface area contributed by atoms with Gasteiger partial charge in [-0.15, -0.1) is 13.0 Å². The van der Waals surface area contributed by atoms with Gasteiger partial charge in [0.2, 0.25) is 0 Å². The number of rotatable bonds is 44. The van der Waals surface area contributed by atoms with E-state index in [1.807, 2.05) is 41.5 Å². The smallest absolute Gasteiger partial charge is 0.373 e. The molecule has 18 N–H and O–H groups in total. The second-order valence-electron chi connectivity index (χ2n) is 39.1. The van der Waals surface area contributed by atoms with Crippen molar-refractivity contribution < 1.29 is 315 Å². The second-order valence-corrected chi connectivity index (χ2v) is 39.1. The first-order valence-electron chi connectivity index (χ1n) is 48.2. The van der Waals surface area contributed by atoms with E-state index in [9.17, 15) is 49.8 Å². The Bertz CT molecular complexity index is 2530. The van der Waals surface area contributed by atoms with Crippen LogP contribution in [0.5, 0.6) is 0 Å². The van der Waals surface area contributed by atoms with E-state index < -0.39 is 60.2 Å². The fraction of sp³-hybridized carbons (Fsp3) is 0.906. The number of aliphatic carboxylic acids is 2. The molecule has 125 heavy (non-hydrogen) atoms. The van der Waals surface area contributed by atoms with Gasteiger partial charge in [-0.05, 0) is 98.6 Å². The number of aliphatic hydroxyl groups excluding tert-OH is 8. The van der Waals surface area contributed by atoms with E-state index in [2.05, 4.69) is 106 Å². The topological polar surface area (TPSA) is 388 Å². The van der Waals surface area contributed by atoms with E-state index >= 15 is 0 Å². The van der Waals surface area contributed by atoms with Crippen LogP contribution in [0.1, 0.15) is 379 Å². The molecule has 29 heteroatoms. The summed E-state index contributed by atoms with van der Waals surface area (Å²) in [5, 5.41) is 119. The van der Waals surface area contributed by atoms with Gasteiger partial charge in [0.1, 0.15) is 0 Å². The molecule has 0 aromatic carbocycles. The van der Waals surface area contributed by atoms with Gasteiger partial charge >= 0.3 is 11.9 Å². The summed E-state index contributed by atoms with van der Waals surface area (Å²) in [5.41, 5.74) is 6.98. The van der Waals surface area contributed by atoms with Gasteiger partial charge in [-0.25, -0.2) is 16.2 Å². The van der Waals surface area contributed by atoms with Crippen molar-refractivity contribution in [3.8, 4) is 0 Å². The van der Waals surface area contributed by atoms with Crippen LogP contribution in [0.25, 0.3) is 5.73 Å². The predicted molar refractivity (Wildman–Crippen MR) is 484 cm³/mol. The van der Waals surface area contributed by atoms with Crippen molar-refractivity contribution in [3.63, 3.8) is 0 Å². The molecular formula is C96H184Gd6N8O15-4. The molecule has 1 saturated heterocycles. The zero-order valence-electron chi connectivity index (χ0n) is 79.6. The first kappa shape index (κ1) is 139. The summed E-state index contributed by atoms with van der Waals surface area (Å²) in [6.07, 6.45) is 51.6. The molecule has 750 valence electrons. The minimum absolute atomic E-state index is 0. The van der Waals surface area contributed by atoms with Gasteiger partial charge in [-0.1, -0.05) is 334 Å². The molecule has 7 saturated carbocycles. The Morgan fingerprint density at radius 3 is 0.928 bits per heavy atom. The van der Waals surface area contributed by atoms with E-state index in [0.29, 0.717) is 67.3 Å². The fourth-order valence-corrected chi connectivity index (χ4v) is 19.4. The molecule has 0 aromatic rings. The van der Waals surface area contributed by atoms with Gasteiger partial charge in [0.15, 0.2) is 6.10 Å². The van der Waals surface area contributed by atoms with Gasteiger partial charge in [0.25, 0.3) is 5.78 Å². The molecule has 1 heterocycles. The fourth-order valence-electron chi connectivity index (χ4n) is 19.4. The summed E-state index contributed by atoms with van der Waals surface area (Å²) >= 11 is 0. The Kier molecular flexibility index (Phi) is 94.0. The number of ether oxygens (including phenoxy) is 1. The molecule has 7 aliphatic carbocycles. The van der Waals surface area contributed by atoms with Crippen LogP contribution in [0.3, 0.4) is 0 Å². The summed E-state index contributed by atoms with van der Waals surface area (Å²) in [6, 6.07) is 1.72. The van der Waals surface area contributed by atoms with Crippen molar-refractivity contribution >= 4 is 23.6 Å². The Hall–Kier alpha value is 5.13. The van der Waals surface area contributed by atoms with Crippen LogP contribution in [0, 0.1) is 301 Å². The number of nitrogens with one attached hydrogen (secondary N) is 8. The molecule has 0 spiro atoms. The van der Waals surface area contributed by atoms with Gasteiger partial charge in [0.05, 0.1) is 30.3 Å². The zero-order valence-corrected chi connectivity index (χ0v) is 93.2. The molecular weight excluding hydrogens is 2450 g/mol. The van der Waals surface area contributed by atoms with Crippen LogP contribution in [0.15, 0.2) is 12.7 Å². The van der Waals surface area contributed by atoms with E-state index in [-0.39, 0.29) is 313 Å². The van der Waals surface area contributed by atoms with Crippen molar-refractivity contribution in [1.82, 2.24) is 37.2 Å². The van der Waals surface area contributed by atoms with Crippen molar-refractivity contribution in [2.24, 2.45) is 41.4 Å². The average Bonchev–Trinajstić information content (AvgIpc) is 0.823. The number of aliphatic hydroxyl groups is 8. The quantitative estimate of drug-likeness (QED) is 0.0153. The van der Waals surface area contributed by atoms with Crippen molar-refractivity contribution in [1.29, 1.82) is 0 Å². The molecule has 8 rings (SSSR count). The predicted octanol–water partition coefficient (Wildman–Crippen LogP) is 16.4. The Morgan fingerprint density at radius 1 is 0.392 bits per heavy atom. The number of ketones is 1. The Labute approximate surface area is 954 Å². The minimum Gasteiger partial charge on any atom is -0.668 e. The molecule has 8 fully saturated rings. The molecule has 8 aliphatic rings. The largest absolute Gasteiger partial charge is 0.668 e. The van der Waals surface area contributed by atoms with Crippen LogP contribution >= 0.6 is 0 Å². The van der Waals surface area contributed by atoms with Crippen molar-refractivity contribution in [2.75, 3.05) is 6.61 Å². The normalized spacial score (nSPS) is 21.3. The number of Topliss-reactive ketones (excluding diaryl/α,β-unsaturated/α-hetero) is 1. The monoisotopic (exact) mass is 2640 g/mol. The van der Waals surface area contributed by atoms with Crippen LogP contribution < -0.4 is 37.2 Å². The van der Waals surface area contributed by atoms with Crippen molar-refractivity contribution in [3.05, 3.63) is 38.0 Å². The molecule has 1 amide bonds. The van der Waals surface area contributed by atoms with Crippen molar-refractivity contribution in [2.45, 2.75) is 507 Å². The first-order valence-corrected chi connectivity index (χ1v) is 48.2. The molecule has 0 bridgehead atoms. The van der Waals surface area contributed by atoms with Gasteiger partial charge in [-0.2, -0.15) is 6.61 Å². The number of carboxylic acids is 2. The summed E-state index contributed by atoms with van der Waals surface area (Å²) < 4.78 is 5.40. The Morgan fingerprint density at radius 2 is 0.656 bits per heavy atom. The summed E-state index contributed by atoms with van der Waals surface area (Å²) in [4.78, 5) is 44.1. The molecule has 0 radical (unpaired) electrons. The number of carbonyl (C=O) groups is 4. The Balaban J connectivity index is -0.000000445. The number of amides is 1. The van der Waals surface area contributed by atoms with E-state index in [0.717, 1.165) is 82.3 Å². The summed E-state index contributed by atoms with van der Waals surface area (Å²) in [6.45, 7) is 35.1. The number of carboxylic acid groups (broad SMARTS) is 2. The van der Waals surface area contributed by atoms with Crippen LogP contribution in [0.2, 0.25) is 0 Å². The molecule has 0 unspecified atom stereocenters. The minimum atomic E-state index is -1.32. The third kappa shape index (κ3) is 68.8. The third-order valence-corrected chi connectivity index (χ3v) is 25.4. The first-order chi connectivity index (χ1) is 56.5. The van der Waals surface area contributed by atoms with E-state index in [4.69, 9.17) is 30.9 Å². The van der Waals surface area contributed by atoms with Crippen LogP contribution in [-0.4, -0.2) is 209 Å². The van der Waals surface area contributed by atoms with E-state index in [1.54, 1.807) is 6.08 Å². The molecule has 0 aromatic heterocycles. The van der Waals surface area contributed by atoms with E-state index in [1.165, 1.54) is 212 Å². The maximum Gasteiger partial charge on any atom is 0.373 e. The van der Waals surface area contributed by atoms with Crippen LogP contribution in [-0.2, 0) is 23.9 Å². The number of hydrogen-bond acceptors (Lipinski definition) is 20. The van der Waals surface area contributed by atoms with Gasteiger partial charge in [0, 0.05) is 331 Å². The van der Waals surface area contributed by atoms with Crippen LogP contribution in [0.4, 0.5) is 0 Å². The zero-order chi connectivity index (χ0) is 88.8. The number of carbonyl (C=O) groups excluding carboxylic acids is 2. The second kappa shape index (κ2) is 84.8. The molecule has 14 atom stereocenters. The maximum absolute atomic E-state index is 11.6. The van der Waals surface area contributed by atoms with Gasteiger partial charge in [-0.3, -0.25) is 11.2 Å². The van der Waals surface area contributed by atoms with Gasteiger partial charge < -0.3 is 104 Å². The standard InChI is InChI=1S/C15H28NO2.C14H28N2O2.C14H28NO2.C14H27NO.C13H25NO3.C13H23NO3.C13H26NO2.6Gd/c1-11(2)16-13(15(17)14-8-9-18-14)10-12-6-4-3-5-7-12;1-10(2)16-12(13(17)9-14(15)18)8-11-6-4-3-5-7-11;1-11(2)15-13(14(17)8-9-16)10-12-6-4-3-5-7-12;1-4-14(16)13(15-11(2)3)10-12-8-6-5-7-9-12;2*1-9(2)14-11(12(15)13(16)17)8-10-6-4-3-5-7-10;1-10(2)14-12(13(16)9-15)8-11-6-4-3-5-7-11;;;;;;/h8,11-17H,3-7,9-10H2,1-2H3;10-13,16-17H,3-9H2,1-2H3,(H2,15,18);9,11-17H,3-8,10H2,1-2H3;4,11-16H,1,5-10H2,2-3H3;9-12,14-15H,3-8H2,1-2H3,(H,16,17);9-11,14H,3-8H2,1-2H3,(H,16,17);9-16H,3-8H2,1-2H3;;;;;;/q-1;;-1;;;;-1;;;;;;/p-1/t13-,14-,15+;12-,13-;2*13-,14-;11-,12+;11-;12-,13-;;;;;;/m0000000....../s1. The number of hydrogen-bond donors (Lipinski definition) is 17.